The summed E-state index contributed by atoms with van der Waals surface area (Å²) < 4.78 is 28.2. The van der Waals surface area contributed by atoms with E-state index in [2.05, 4.69) is 4.72 Å². The SMILES string of the molecule is CC(C)c1ccccc1NS(=O)(=O)N(C)CCCN. The molecule has 0 atom stereocenters. The maximum absolute atomic E-state index is 12.2. The van der Waals surface area contributed by atoms with Gasteiger partial charge in [-0.2, -0.15) is 12.7 Å². The first-order valence-electron chi connectivity index (χ1n) is 6.41. The highest BCUT2D eigenvalue weighted by Crippen LogP contribution is 2.24. The molecular weight excluding hydrogens is 262 g/mol. The second-order valence-corrected chi connectivity index (χ2v) is 6.59. The van der Waals surface area contributed by atoms with Crippen LogP contribution >= 0.6 is 0 Å². The minimum atomic E-state index is -3.51. The Bertz CT molecular complexity index is 500. The van der Waals surface area contributed by atoms with Crippen LogP contribution in [0.25, 0.3) is 0 Å². The zero-order valence-electron chi connectivity index (χ0n) is 11.8. The molecule has 0 spiro atoms. The van der Waals surface area contributed by atoms with Crippen molar-refractivity contribution in [2.24, 2.45) is 5.73 Å². The van der Waals surface area contributed by atoms with E-state index >= 15 is 0 Å². The number of nitrogens with zero attached hydrogens (tertiary/aromatic N) is 1. The van der Waals surface area contributed by atoms with E-state index in [9.17, 15) is 8.42 Å². The van der Waals surface area contributed by atoms with Crippen molar-refractivity contribution in [3.63, 3.8) is 0 Å². The van der Waals surface area contributed by atoms with Crippen LogP contribution in [0.3, 0.4) is 0 Å². The van der Waals surface area contributed by atoms with Crippen LogP contribution in [-0.2, 0) is 10.2 Å². The lowest BCUT2D eigenvalue weighted by Gasteiger charge is -2.20. The van der Waals surface area contributed by atoms with Crippen LogP contribution in [0.2, 0.25) is 0 Å². The molecule has 1 aromatic rings. The van der Waals surface area contributed by atoms with Gasteiger partial charge in [-0.25, -0.2) is 0 Å². The predicted octanol–water partition coefficient (Wildman–Crippen LogP) is 1.75. The van der Waals surface area contributed by atoms with Gasteiger partial charge in [0.1, 0.15) is 0 Å². The van der Waals surface area contributed by atoms with Crippen molar-refractivity contribution in [3.8, 4) is 0 Å². The van der Waals surface area contributed by atoms with Crippen LogP contribution in [0.15, 0.2) is 24.3 Å². The maximum atomic E-state index is 12.2. The minimum Gasteiger partial charge on any atom is -0.330 e. The minimum absolute atomic E-state index is 0.258. The van der Waals surface area contributed by atoms with E-state index < -0.39 is 10.2 Å². The summed E-state index contributed by atoms with van der Waals surface area (Å²) >= 11 is 0. The standard InChI is InChI=1S/C13H23N3O2S/c1-11(2)12-7-4-5-8-13(12)15-19(17,18)16(3)10-6-9-14/h4-5,7-8,11,15H,6,9-10,14H2,1-3H3. The molecule has 19 heavy (non-hydrogen) atoms. The van der Waals surface area contributed by atoms with Crippen LogP contribution < -0.4 is 10.5 Å². The highest BCUT2D eigenvalue weighted by Gasteiger charge is 2.18. The van der Waals surface area contributed by atoms with Gasteiger partial charge in [0.15, 0.2) is 0 Å². The van der Waals surface area contributed by atoms with Crippen LogP contribution in [-0.4, -0.2) is 32.9 Å². The van der Waals surface area contributed by atoms with Crippen molar-refractivity contribution < 1.29 is 8.42 Å². The van der Waals surface area contributed by atoms with Gasteiger partial charge in [0.25, 0.3) is 0 Å². The number of nitrogens with one attached hydrogen (secondary N) is 1. The summed E-state index contributed by atoms with van der Waals surface area (Å²) in [4.78, 5) is 0. The summed E-state index contributed by atoms with van der Waals surface area (Å²) in [5.74, 6) is 0.258. The van der Waals surface area contributed by atoms with Gasteiger partial charge in [0.05, 0.1) is 5.69 Å². The van der Waals surface area contributed by atoms with Gasteiger partial charge in [-0.3, -0.25) is 4.72 Å². The average Bonchev–Trinajstić information content (AvgIpc) is 2.35. The van der Waals surface area contributed by atoms with Gasteiger partial charge in [0, 0.05) is 13.6 Å². The molecule has 0 aromatic heterocycles. The van der Waals surface area contributed by atoms with E-state index in [1.807, 2.05) is 32.0 Å². The molecule has 3 N–H and O–H groups in total. The third-order valence-corrected chi connectivity index (χ3v) is 4.39. The molecule has 0 bridgehead atoms. The topological polar surface area (TPSA) is 75.4 Å². The lowest BCUT2D eigenvalue weighted by atomic mass is 10.0. The van der Waals surface area contributed by atoms with Crippen molar-refractivity contribution in [3.05, 3.63) is 29.8 Å². The van der Waals surface area contributed by atoms with E-state index in [-0.39, 0.29) is 5.92 Å². The molecule has 0 aliphatic carbocycles. The molecule has 0 heterocycles. The van der Waals surface area contributed by atoms with Crippen LogP contribution in [0.4, 0.5) is 5.69 Å². The van der Waals surface area contributed by atoms with Gasteiger partial charge in [-0.1, -0.05) is 32.0 Å². The number of benzene rings is 1. The normalized spacial score (nSPS) is 12.1. The molecule has 0 unspecified atom stereocenters. The molecule has 0 aliphatic heterocycles. The molecule has 1 rings (SSSR count). The van der Waals surface area contributed by atoms with Gasteiger partial charge in [-0.15, -0.1) is 0 Å². The van der Waals surface area contributed by atoms with Crippen LogP contribution in [0.5, 0.6) is 0 Å². The first kappa shape index (κ1) is 15.9. The maximum Gasteiger partial charge on any atom is 0.301 e. The molecule has 0 radical (unpaired) electrons. The molecule has 6 heteroatoms. The Morgan fingerprint density at radius 2 is 1.95 bits per heavy atom. The number of rotatable bonds is 7. The second-order valence-electron chi connectivity index (χ2n) is 4.81. The monoisotopic (exact) mass is 285 g/mol. The Morgan fingerprint density at radius 3 is 2.53 bits per heavy atom. The van der Waals surface area contributed by atoms with Crippen molar-refractivity contribution in [1.29, 1.82) is 0 Å². The van der Waals surface area contributed by atoms with Crippen LogP contribution in [0.1, 0.15) is 31.7 Å². The fourth-order valence-corrected chi connectivity index (χ4v) is 2.73. The number of hydrogen-bond acceptors (Lipinski definition) is 3. The number of anilines is 1. The average molecular weight is 285 g/mol. The lowest BCUT2D eigenvalue weighted by Crippen LogP contribution is -2.34. The highest BCUT2D eigenvalue weighted by atomic mass is 32.2. The first-order valence-corrected chi connectivity index (χ1v) is 7.85. The molecule has 0 amide bonds. The van der Waals surface area contributed by atoms with E-state index in [0.29, 0.717) is 25.2 Å². The smallest absolute Gasteiger partial charge is 0.301 e. The molecule has 0 fully saturated rings. The predicted molar refractivity (Wildman–Crippen MR) is 79.4 cm³/mol. The van der Waals surface area contributed by atoms with Gasteiger partial charge >= 0.3 is 10.2 Å². The third-order valence-electron chi connectivity index (χ3n) is 2.91. The number of nitrogens with two attached hydrogens (primary N) is 1. The summed E-state index contributed by atoms with van der Waals surface area (Å²) in [5, 5.41) is 0. The van der Waals surface area contributed by atoms with E-state index in [0.717, 1.165) is 5.56 Å². The number of para-hydroxylation sites is 1. The van der Waals surface area contributed by atoms with E-state index in [4.69, 9.17) is 5.73 Å². The van der Waals surface area contributed by atoms with E-state index in [1.165, 1.54) is 4.31 Å². The molecule has 0 aliphatic rings. The summed E-state index contributed by atoms with van der Waals surface area (Å²) in [6, 6.07) is 7.45. The van der Waals surface area contributed by atoms with Crippen molar-refractivity contribution >= 4 is 15.9 Å². The van der Waals surface area contributed by atoms with Gasteiger partial charge in [0.2, 0.25) is 0 Å². The third kappa shape index (κ3) is 4.49. The zero-order chi connectivity index (χ0) is 14.5. The summed E-state index contributed by atoms with van der Waals surface area (Å²) in [6.07, 6.45) is 0.642. The Kier molecular flexibility index (Phi) is 5.78. The Balaban J connectivity index is 2.89. The molecule has 0 saturated carbocycles. The molecule has 108 valence electrons. The summed E-state index contributed by atoms with van der Waals surface area (Å²) in [5.41, 5.74) is 7.02. The first-order chi connectivity index (χ1) is 8.88. The van der Waals surface area contributed by atoms with Crippen molar-refractivity contribution in [2.45, 2.75) is 26.2 Å². The molecule has 5 nitrogen and oxygen atoms in total. The van der Waals surface area contributed by atoms with Gasteiger partial charge < -0.3 is 5.73 Å². The second kappa shape index (κ2) is 6.88. The van der Waals surface area contributed by atoms with Crippen molar-refractivity contribution in [2.75, 3.05) is 24.9 Å². The number of hydrogen-bond donors (Lipinski definition) is 2. The van der Waals surface area contributed by atoms with E-state index in [1.54, 1.807) is 13.1 Å². The quantitative estimate of drug-likeness (QED) is 0.801. The van der Waals surface area contributed by atoms with Crippen LogP contribution in [0, 0.1) is 0 Å². The fourth-order valence-electron chi connectivity index (χ4n) is 1.74. The summed E-state index contributed by atoms with van der Waals surface area (Å²) in [6.45, 7) is 4.95. The Morgan fingerprint density at radius 1 is 1.32 bits per heavy atom. The molecule has 0 saturated heterocycles. The Labute approximate surface area is 116 Å². The van der Waals surface area contributed by atoms with Crippen molar-refractivity contribution in [1.82, 2.24) is 4.31 Å². The summed E-state index contributed by atoms with van der Waals surface area (Å²) in [7, 11) is -1.96. The fraction of sp³-hybridized carbons (Fsp3) is 0.538. The lowest BCUT2D eigenvalue weighted by molar-refractivity contribution is 0.468. The Hall–Kier alpha value is -1.11. The molecular formula is C13H23N3O2S. The molecule has 1 aromatic carbocycles. The highest BCUT2D eigenvalue weighted by molar-refractivity contribution is 7.90. The zero-order valence-corrected chi connectivity index (χ0v) is 12.6. The van der Waals surface area contributed by atoms with Gasteiger partial charge in [-0.05, 0) is 30.5 Å². The largest absolute Gasteiger partial charge is 0.330 e.